The van der Waals surface area contributed by atoms with Crippen molar-refractivity contribution in [1.82, 2.24) is 10.6 Å². The molecule has 1 heterocycles. The number of aliphatic imine (C=N–C) groups is 1. The average molecular weight is 301 g/mol. The molecule has 120 valence electrons. The molecule has 2 aliphatic rings. The van der Waals surface area contributed by atoms with Crippen LogP contribution in [0.2, 0.25) is 0 Å². The van der Waals surface area contributed by atoms with Gasteiger partial charge in [-0.05, 0) is 24.8 Å². The minimum absolute atomic E-state index is 0.207. The van der Waals surface area contributed by atoms with Crippen molar-refractivity contribution < 1.29 is 4.74 Å². The zero-order valence-corrected chi connectivity index (χ0v) is 13.4. The Morgan fingerprint density at radius 1 is 1.18 bits per heavy atom. The van der Waals surface area contributed by atoms with E-state index in [0.29, 0.717) is 12.0 Å². The van der Waals surface area contributed by atoms with Gasteiger partial charge in [0.2, 0.25) is 0 Å². The van der Waals surface area contributed by atoms with E-state index >= 15 is 0 Å². The Morgan fingerprint density at radius 3 is 2.68 bits per heavy atom. The van der Waals surface area contributed by atoms with Crippen LogP contribution < -0.4 is 10.6 Å². The highest BCUT2D eigenvalue weighted by atomic mass is 16.5. The predicted molar refractivity (Wildman–Crippen MR) is 90.0 cm³/mol. The first-order chi connectivity index (χ1) is 10.9. The fourth-order valence-corrected chi connectivity index (χ4v) is 3.54. The summed E-state index contributed by atoms with van der Waals surface area (Å²) >= 11 is 0. The molecule has 0 spiro atoms. The van der Waals surface area contributed by atoms with Crippen LogP contribution in [0.3, 0.4) is 0 Å². The zero-order chi connectivity index (χ0) is 15.2. The van der Waals surface area contributed by atoms with Gasteiger partial charge >= 0.3 is 0 Å². The van der Waals surface area contributed by atoms with E-state index in [1.54, 1.807) is 0 Å². The lowest BCUT2D eigenvalue weighted by Gasteiger charge is -2.22. The highest BCUT2D eigenvalue weighted by Crippen LogP contribution is 2.33. The van der Waals surface area contributed by atoms with E-state index in [9.17, 15) is 0 Å². The van der Waals surface area contributed by atoms with E-state index in [2.05, 4.69) is 46.0 Å². The first kappa shape index (κ1) is 15.3. The monoisotopic (exact) mass is 301 g/mol. The molecule has 3 rings (SSSR count). The van der Waals surface area contributed by atoms with Crippen molar-refractivity contribution in [2.45, 2.75) is 44.2 Å². The van der Waals surface area contributed by atoms with Crippen LogP contribution >= 0.6 is 0 Å². The summed E-state index contributed by atoms with van der Waals surface area (Å²) in [6, 6.07) is 11.1. The molecule has 0 radical (unpaired) electrons. The molecule has 22 heavy (non-hydrogen) atoms. The second-order valence-corrected chi connectivity index (χ2v) is 6.33. The van der Waals surface area contributed by atoms with E-state index in [1.165, 1.54) is 31.2 Å². The first-order valence-electron chi connectivity index (χ1n) is 8.50. The van der Waals surface area contributed by atoms with Gasteiger partial charge in [0.1, 0.15) is 0 Å². The van der Waals surface area contributed by atoms with Crippen LogP contribution in [0.5, 0.6) is 0 Å². The molecule has 0 aromatic heterocycles. The fraction of sp³-hybridized carbons (Fsp3) is 0.611. The summed E-state index contributed by atoms with van der Waals surface area (Å²) in [7, 11) is 1.85. The normalized spacial score (nSPS) is 26.3. The van der Waals surface area contributed by atoms with Gasteiger partial charge in [-0.15, -0.1) is 0 Å². The summed E-state index contributed by atoms with van der Waals surface area (Å²) in [6.45, 7) is 1.76. The molecule has 0 bridgehead atoms. The Hall–Kier alpha value is -1.55. The Labute approximate surface area is 133 Å². The predicted octanol–water partition coefficient (Wildman–Crippen LogP) is 2.87. The van der Waals surface area contributed by atoms with Crippen molar-refractivity contribution in [3.8, 4) is 0 Å². The summed E-state index contributed by atoms with van der Waals surface area (Å²) in [5, 5.41) is 7.04. The number of benzene rings is 1. The molecular formula is C18H27N3O. The highest BCUT2D eigenvalue weighted by molar-refractivity contribution is 5.80. The summed E-state index contributed by atoms with van der Waals surface area (Å²) in [6.07, 6.45) is 6.51. The number of guanidine groups is 1. The first-order valence-corrected chi connectivity index (χ1v) is 8.50. The summed E-state index contributed by atoms with van der Waals surface area (Å²) < 4.78 is 5.95. The second-order valence-electron chi connectivity index (χ2n) is 6.33. The van der Waals surface area contributed by atoms with Crippen LogP contribution in [0.1, 0.15) is 43.8 Å². The Kier molecular flexibility index (Phi) is 5.33. The van der Waals surface area contributed by atoms with Gasteiger partial charge in [-0.2, -0.15) is 0 Å². The Bertz CT molecular complexity index is 482. The molecule has 2 fully saturated rings. The highest BCUT2D eigenvalue weighted by Gasteiger charge is 2.29. The molecule has 4 nitrogen and oxygen atoms in total. The number of ether oxygens (including phenoxy) is 1. The summed E-state index contributed by atoms with van der Waals surface area (Å²) in [5.41, 5.74) is 1.28. The second kappa shape index (κ2) is 7.63. The number of hydrogen-bond acceptors (Lipinski definition) is 2. The molecule has 1 saturated heterocycles. The molecule has 2 unspecified atom stereocenters. The molecule has 2 N–H and O–H groups in total. The number of hydrogen-bond donors (Lipinski definition) is 2. The van der Waals surface area contributed by atoms with Gasteiger partial charge in [0.25, 0.3) is 0 Å². The lowest BCUT2D eigenvalue weighted by molar-refractivity contribution is 0.0915. The molecule has 1 saturated carbocycles. The van der Waals surface area contributed by atoms with E-state index < -0.39 is 0 Å². The summed E-state index contributed by atoms with van der Waals surface area (Å²) in [4.78, 5) is 4.36. The maximum atomic E-state index is 5.95. The van der Waals surface area contributed by atoms with Crippen molar-refractivity contribution in [1.29, 1.82) is 0 Å². The third-order valence-corrected chi connectivity index (χ3v) is 4.79. The van der Waals surface area contributed by atoms with E-state index in [1.807, 2.05) is 7.05 Å². The van der Waals surface area contributed by atoms with Crippen molar-refractivity contribution >= 4 is 5.96 Å². The minimum Gasteiger partial charge on any atom is -0.373 e. The quantitative estimate of drug-likeness (QED) is 0.664. The maximum absolute atomic E-state index is 5.95. The average Bonchev–Trinajstić information content (AvgIpc) is 3.23. The van der Waals surface area contributed by atoms with Crippen molar-refractivity contribution in [3.05, 3.63) is 35.9 Å². The number of rotatable bonds is 4. The molecule has 1 aromatic carbocycles. The van der Waals surface area contributed by atoms with Crippen molar-refractivity contribution in [2.75, 3.05) is 20.2 Å². The standard InChI is InChI=1S/C18H27N3O/c1-19-18(21-16-9-5-6-10-16)20-13-15-11-12-22-17(15)14-7-3-2-4-8-14/h2-4,7-8,15-17H,5-6,9-13H2,1H3,(H2,19,20,21). The molecule has 1 aliphatic carbocycles. The minimum atomic E-state index is 0.207. The summed E-state index contributed by atoms with van der Waals surface area (Å²) in [5.74, 6) is 1.44. The lowest BCUT2D eigenvalue weighted by atomic mass is 9.95. The maximum Gasteiger partial charge on any atom is 0.191 e. The van der Waals surface area contributed by atoms with Gasteiger partial charge < -0.3 is 15.4 Å². The van der Waals surface area contributed by atoms with Crippen LogP contribution in [0.25, 0.3) is 0 Å². The molecule has 1 aliphatic heterocycles. The van der Waals surface area contributed by atoms with Gasteiger partial charge in [0.05, 0.1) is 6.10 Å². The van der Waals surface area contributed by atoms with Gasteiger partial charge in [-0.1, -0.05) is 43.2 Å². The van der Waals surface area contributed by atoms with Crippen LogP contribution in [-0.4, -0.2) is 32.2 Å². The number of nitrogens with zero attached hydrogens (tertiary/aromatic N) is 1. The van der Waals surface area contributed by atoms with Crippen LogP contribution in [0.4, 0.5) is 0 Å². The van der Waals surface area contributed by atoms with E-state index in [0.717, 1.165) is 25.5 Å². The third-order valence-electron chi connectivity index (χ3n) is 4.79. The van der Waals surface area contributed by atoms with Crippen molar-refractivity contribution in [3.63, 3.8) is 0 Å². The van der Waals surface area contributed by atoms with E-state index in [-0.39, 0.29) is 6.10 Å². The third kappa shape index (κ3) is 3.80. The van der Waals surface area contributed by atoms with E-state index in [4.69, 9.17) is 4.74 Å². The molecule has 1 aromatic rings. The molecule has 0 amide bonds. The molecule has 2 atom stereocenters. The smallest absolute Gasteiger partial charge is 0.191 e. The molecule has 4 heteroatoms. The topological polar surface area (TPSA) is 45.7 Å². The Balaban J connectivity index is 1.53. The largest absolute Gasteiger partial charge is 0.373 e. The fourth-order valence-electron chi connectivity index (χ4n) is 3.54. The molecular weight excluding hydrogens is 274 g/mol. The van der Waals surface area contributed by atoms with Gasteiger partial charge in [-0.25, -0.2) is 0 Å². The van der Waals surface area contributed by atoms with Crippen LogP contribution in [0, 0.1) is 5.92 Å². The van der Waals surface area contributed by atoms with Gasteiger partial charge in [-0.3, -0.25) is 4.99 Å². The van der Waals surface area contributed by atoms with Crippen molar-refractivity contribution in [2.24, 2.45) is 10.9 Å². The van der Waals surface area contributed by atoms with Crippen LogP contribution in [0.15, 0.2) is 35.3 Å². The zero-order valence-electron chi connectivity index (χ0n) is 13.4. The van der Waals surface area contributed by atoms with Crippen LogP contribution in [-0.2, 0) is 4.74 Å². The Morgan fingerprint density at radius 2 is 1.95 bits per heavy atom. The SMILES string of the molecule is CN=C(NCC1CCOC1c1ccccc1)NC1CCCC1. The van der Waals surface area contributed by atoms with Gasteiger partial charge in [0, 0.05) is 32.2 Å². The lowest BCUT2D eigenvalue weighted by Crippen LogP contribution is -2.44. The van der Waals surface area contributed by atoms with Gasteiger partial charge in [0.15, 0.2) is 5.96 Å². The number of nitrogens with one attached hydrogen (secondary N) is 2.